The summed E-state index contributed by atoms with van der Waals surface area (Å²) in [6, 6.07) is 15.1. The van der Waals surface area contributed by atoms with Crippen LogP contribution in [0.25, 0.3) is 0 Å². The van der Waals surface area contributed by atoms with Crippen LogP contribution in [0.15, 0.2) is 67.1 Å². The highest BCUT2D eigenvalue weighted by atomic mass is 16.5. The molecule has 0 unspecified atom stereocenters. The van der Waals surface area contributed by atoms with Gasteiger partial charge in [0.1, 0.15) is 11.9 Å². The van der Waals surface area contributed by atoms with Crippen molar-refractivity contribution in [2.75, 3.05) is 11.9 Å². The van der Waals surface area contributed by atoms with Crippen molar-refractivity contribution in [2.45, 2.75) is 6.17 Å². The molecule has 0 saturated carbocycles. The minimum Gasteiger partial charge on any atom is -0.438 e. The molecule has 25 heavy (non-hydrogen) atoms. The fourth-order valence-electron chi connectivity index (χ4n) is 2.90. The lowest BCUT2D eigenvalue weighted by molar-refractivity contribution is 0.0928. The van der Waals surface area contributed by atoms with Gasteiger partial charge in [-0.25, -0.2) is 4.98 Å². The lowest BCUT2D eigenvalue weighted by Gasteiger charge is -2.36. The van der Waals surface area contributed by atoms with Gasteiger partial charge < -0.3 is 15.0 Å². The van der Waals surface area contributed by atoms with Crippen molar-refractivity contribution in [3.05, 3.63) is 78.2 Å². The van der Waals surface area contributed by atoms with E-state index in [0.717, 1.165) is 11.3 Å². The summed E-state index contributed by atoms with van der Waals surface area (Å²) < 4.78 is 5.65. The zero-order valence-corrected chi connectivity index (χ0v) is 13.6. The van der Waals surface area contributed by atoms with Gasteiger partial charge >= 0.3 is 0 Å². The maximum atomic E-state index is 12.3. The third-order valence-electron chi connectivity index (χ3n) is 4.14. The molecule has 1 aromatic heterocycles. The van der Waals surface area contributed by atoms with E-state index in [1.54, 1.807) is 18.6 Å². The van der Waals surface area contributed by atoms with Gasteiger partial charge in [0.05, 0.1) is 17.4 Å². The minimum atomic E-state index is -0.229. The van der Waals surface area contributed by atoms with E-state index in [9.17, 15) is 4.79 Å². The molecule has 0 aliphatic carbocycles. The van der Waals surface area contributed by atoms with Crippen LogP contribution in [0, 0.1) is 0 Å². The van der Waals surface area contributed by atoms with Crippen molar-refractivity contribution in [3.63, 3.8) is 0 Å². The number of carbonyl (C=O) groups excluding carboxylic acids is 1. The lowest BCUT2D eigenvalue weighted by atomic mass is 10.0. The first kappa shape index (κ1) is 15.1. The zero-order valence-electron chi connectivity index (χ0n) is 13.6. The molecule has 2 aromatic carbocycles. The molecule has 0 bridgehead atoms. The maximum absolute atomic E-state index is 12.3. The molecule has 1 N–H and O–H groups in total. The van der Waals surface area contributed by atoms with Gasteiger partial charge in [-0.3, -0.25) is 9.78 Å². The molecule has 1 atom stereocenters. The fourth-order valence-corrected chi connectivity index (χ4v) is 2.90. The molecule has 0 fully saturated rings. The van der Waals surface area contributed by atoms with Gasteiger partial charge in [-0.05, 0) is 29.8 Å². The zero-order chi connectivity index (χ0) is 17.2. The Morgan fingerprint density at radius 2 is 1.88 bits per heavy atom. The smallest absolute Gasteiger partial charge is 0.255 e. The molecule has 0 saturated heterocycles. The van der Waals surface area contributed by atoms with Crippen LogP contribution in [-0.4, -0.2) is 22.9 Å². The highest BCUT2D eigenvalue weighted by Gasteiger charge is 2.28. The van der Waals surface area contributed by atoms with Crippen LogP contribution in [0.5, 0.6) is 11.6 Å². The van der Waals surface area contributed by atoms with E-state index < -0.39 is 0 Å². The highest BCUT2D eigenvalue weighted by Crippen LogP contribution is 2.32. The standard InChI is InChI=1S/C19H16N4O2/c1-23-16-5-3-2-4-15(16)19(24)22-18(23)13-6-8-14(9-7-13)25-17-12-20-10-11-21-17/h2-12,18H,1H3,(H,22,24)/t18-/m1/s1. The molecule has 1 aliphatic heterocycles. The average molecular weight is 332 g/mol. The predicted octanol–water partition coefficient (Wildman–Crippen LogP) is 3.15. The Hall–Kier alpha value is -3.41. The summed E-state index contributed by atoms with van der Waals surface area (Å²) in [6.45, 7) is 0. The Bertz CT molecular complexity index is 897. The van der Waals surface area contributed by atoms with Crippen molar-refractivity contribution >= 4 is 11.6 Å². The van der Waals surface area contributed by atoms with Crippen molar-refractivity contribution in [1.29, 1.82) is 0 Å². The number of nitrogens with one attached hydrogen (secondary N) is 1. The van der Waals surface area contributed by atoms with E-state index in [2.05, 4.69) is 20.2 Å². The molecule has 0 radical (unpaired) electrons. The largest absolute Gasteiger partial charge is 0.438 e. The molecule has 1 amide bonds. The third-order valence-corrected chi connectivity index (χ3v) is 4.14. The van der Waals surface area contributed by atoms with Gasteiger partial charge in [-0.15, -0.1) is 0 Å². The number of rotatable bonds is 3. The molecule has 1 aliphatic rings. The van der Waals surface area contributed by atoms with Crippen LogP contribution in [0.1, 0.15) is 22.1 Å². The van der Waals surface area contributed by atoms with Gasteiger partial charge in [0, 0.05) is 19.4 Å². The van der Waals surface area contributed by atoms with E-state index in [4.69, 9.17) is 4.74 Å². The van der Waals surface area contributed by atoms with E-state index in [0.29, 0.717) is 17.2 Å². The second kappa shape index (κ2) is 6.24. The predicted molar refractivity (Wildman–Crippen MR) is 93.6 cm³/mol. The Morgan fingerprint density at radius 3 is 2.64 bits per heavy atom. The topological polar surface area (TPSA) is 67.4 Å². The van der Waals surface area contributed by atoms with Gasteiger partial charge in [0.2, 0.25) is 5.88 Å². The Kier molecular flexibility index (Phi) is 3.78. The number of ether oxygens (including phenoxy) is 1. The van der Waals surface area contributed by atoms with Gasteiger partial charge in [-0.1, -0.05) is 24.3 Å². The summed E-state index contributed by atoms with van der Waals surface area (Å²) in [5.41, 5.74) is 2.57. The number of anilines is 1. The summed E-state index contributed by atoms with van der Waals surface area (Å²) in [7, 11) is 1.97. The highest BCUT2D eigenvalue weighted by molar-refractivity contribution is 6.01. The lowest BCUT2D eigenvalue weighted by Crippen LogP contribution is -2.44. The molecule has 4 rings (SSSR count). The van der Waals surface area contributed by atoms with Gasteiger partial charge in [-0.2, -0.15) is 0 Å². The number of hydrogen-bond donors (Lipinski definition) is 1. The first-order chi connectivity index (χ1) is 12.2. The van der Waals surface area contributed by atoms with Crippen molar-refractivity contribution in [2.24, 2.45) is 0 Å². The maximum Gasteiger partial charge on any atom is 0.255 e. The van der Waals surface area contributed by atoms with Crippen molar-refractivity contribution in [3.8, 4) is 11.6 Å². The number of carbonyl (C=O) groups is 1. The molecule has 124 valence electrons. The number of hydrogen-bond acceptors (Lipinski definition) is 5. The second-order valence-electron chi connectivity index (χ2n) is 5.72. The van der Waals surface area contributed by atoms with E-state index in [1.165, 1.54) is 0 Å². The quantitative estimate of drug-likeness (QED) is 0.798. The first-order valence-corrected chi connectivity index (χ1v) is 7.89. The summed E-state index contributed by atoms with van der Waals surface area (Å²) in [5.74, 6) is 1.03. The van der Waals surface area contributed by atoms with Crippen LogP contribution < -0.4 is 15.0 Å². The summed E-state index contributed by atoms with van der Waals surface area (Å²) >= 11 is 0. The Morgan fingerprint density at radius 1 is 1.08 bits per heavy atom. The molecular formula is C19H16N4O2. The number of nitrogens with zero attached hydrogens (tertiary/aromatic N) is 3. The Balaban J connectivity index is 1.57. The number of fused-ring (bicyclic) bond motifs is 1. The SMILES string of the molecule is CN1c2ccccc2C(=O)N[C@H]1c1ccc(Oc2cnccn2)cc1. The van der Waals surface area contributed by atoms with Crippen molar-refractivity contribution < 1.29 is 9.53 Å². The fraction of sp³-hybridized carbons (Fsp3) is 0.105. The third kappa shape index (κ3) is 2.89. The minimum absolute atomic E-state index is 0.0708. The Labute approximate surface area is 145 Å². The van der Waals surface area contributed by atoms with Crippen molar-refractivity contribution in [1.82, 2.24) is 15.3 Å². The van der Waals surface area contributed by atoms with Crippen LogP contribution in [-0.2, 0) is 0 Å². The normalized spacial score (nSPS) is 16.1. The van der Waals surface area contributed by atoms with E-state index in [1.807, 2.05) is 55.6 Å². The number of benzene rings is 2. The van der Waals surface area contributed by atoms with Crippen LogP contribution in [0.4, 0.5) is 5.69 Å². The summed E-state index contributed by atoms with van der Waals surface area (Å²) in [6.07, 6.45) is 4.50. The van der Waals surface area contributed by atoms with Gasteiger partial charge in [0.15, 0.2) is 0 Å². The number of amides is 1. The van der Waals surface area contributed by atoms with E-state index >= 15 is 0 Å². The molecule has 0 spiro atoms. The summed E-state index contributed by atoms with van der Waals surface area (Å²) in [4.78, 5) is 22.4. The molecular weight excluding hydrogens is 316 g/mol. The summed E-state index contributed by atoms with van der Waals surface area (Å²) in [5, 5.41) is 3.03. The van der Waals surface area contributed by atoms with Gasteiger partial charge in [0.25, 0.3) is 5.91 Å². The number of aromatic nitrogens is 2. The molecule has 3 aromatic rings. The van der Waals surface area contributed by atoms with Crippen LogP contribution in [0.2, 0.25) is 0 Å². The van der Waals surface area contributed by atoms with Crippen LogP contribution >= 0.6 is 0 Å². The molecule has 6 nitrogen and oxygen atoms in total. The first-order valence-electron chi connectivity index (χ1n) is 7.89. The van der Waals surface area contributed by atoms with Crippen LogP contribution in [0.3, 0.4) is 0 Å². The monoisotopic (exact) mass is 332 g/mol. The number of para-hydroxylation sites is 1. The van der Waals surface area contributed by atoms with E-state index in [-0.39, 0.29) is 12.1 Å². The second-order valence-corrected chi connectivity index (χ2v) is 5.72. The molecule has 6 heteroatoms. The molecule has 2 heterocycles. The average Bonchev–Trinajstić information content (AvgIpc) is 2.66.